The van der Waals surface area contributed by atoms with Gasteiger partial charge < -0.3 is 4.90 Å². The Morgan fingerprint density at radius 2 is 1.85 bits per heavy atom. The molecule has 6 heteroatoms. The van der Waals surface area contributed by atoms with E-state index in [0.717, 1.165) is 25.1 Å². The molecule has 146 valence electrons. The van der Waals surface area contributed by atoms with E-state index in [0.29, 0.717) is 23.0 Å². The number of nitrogens with zero attached hydrogens (tertiary/aromatic N) is 1. The molecule has 1 aliphatic heterocycles. The van der Waals surface area contributed by atoms with E-state index in [-0.39, 0.29) is 12.6 Å². The van der Waals surface area contributed by atoms with Gasteiger partial charge in [-0.05, 0) is 54.1 Å². The summed E-state index contributed by atoms with van der Waals surface area (Å²) in [7, 11) is -3.64. The van der Waals surface area contributed by atoms with Gasteiger partial charge >= 0.3 is 0 Å². The highest BCUT2D eigenvalue weighted by molar-refractivity contribution is 7.92. The molecule has 0 spiro atoms. The summed E-state index contributed by atoms with van der Waals surface area (Å²) in [6.45, 7) is 5.91. The Hall–Kier alpha value is -1.92. The van der Waals surface area contributed by atoms with Crippen molar-refractivity contribution in [1.82, 2.24) is 4.90 Å². The normalized spacial score (nSPS) is 18.1. The third-order valence-corrected chi connectivity index (χ3v) is 6.59. The molecule has 0 radical (unpaired) electrons. The fraction of sp³-hybridized carbons (Fsp3) is 0.429. The molecule has 4 nitrogen and oxygen atoms in total. The second-order valence-electron chi connectivity index (χ2n) is 7.40. The van der Waals surface area contributed by atoms with Crippen LogP contribution >= 0.6 is 0 Å². The number of rotatable bonds is 7. The predicted octanol–water partition coefficient (Wildman–Crippen LogP) is 4.37. The number of nitrogens with one attached hydrogen (secondary N) is 1. The van der Waals surface area contributed by atoms with Gasteiger partial charge in [0.2, 0.25) is 0 Å². The zero-order chi connectivity index (χ0) is 19.4. The minimum atomic E-state index is -3.64. The van der Waals surface area contributed by atoms with Gasteiger partial charge in [-0.25, -0.2) is 12.8 Å². The monoisotopic (exact) mass is 390 g/mol. The molecule has 1 atom stereocenters. The van der Waals surface area contributed by atoms with Crippen LogP contribution in [0.3, 0.4) is 0 Å². The van der Waals surface area contributed by atoms with E-state index in [2.05, 4.69) is 9.62 Å². The summed E-state index contributed by atoms with van der Waals surface area (Å²) in [5.41, 5.74) is 2.53. The molecule has 3 rings (SSSR count). The van der Waals surface area contributed by atoms with Gasteiger partial charge in [-0.2, -0.15) is 0 Å². The topological polar surface area (TPSA) is 49.4 Å². The number of hydrogen-bond donors (Lipinski definition) is 1. The molecule has 1 unspecified atom stereocenters. The number of anilines is 1. The zero-order valence-electron chi connectivity index (χ0n) is 15.9. The first kappa shape index (κ1) is 19.8. The summed E-state index contributed by atoms with van der Waals surface area (Å²) in [6, 6.07) is 14.6. The van der Waals surface area contributed by atoms with Crippen LogP contribution < -0.4 is 4.72 Å². The van der Waals surface area contributed by atoms with E-state index in [9.17, 15) is 12.8 Å². The van der Waals surface area contributed by atoms with Gasteiger partial charge in [0.25, 0.3) is 10.0 Å². The third-order valence-electron chi connectivity index (χ3n) is 5.14. The first-order valence-electron chi connectivity index (χ1n) is 9.40. The molecule has 0 bridgehead atoms. The standard InChI is InChI=1S/C21H27FN2O2S/c1-16(2)20-5-3-4-6-21(20)27(25,26)23-19-9-7-17(8-10-19)18-11-13-24(15-18)14-12-22/h3-10,16,18,23H,11-15H2,1-2H3. The maximum atomic E-state index is 12.8. The highest BCUT2D eigenvalue weighted by Gasteiger charge is 2.24. The smallest absolute Gasteiger partial charge is 0.262 e. The summed E-state index contributed by atoms with van der Waals surface area (Å²) in [6.07, 6.45) is 1.01. The molecule has 1 saturated heterocycles. The zero-order valence-corrected chi connectivity index (χ0v) is 16.7. The summed E-state index contributed by atoms with van der Waals surface area (Å²) >= 11 is 0. The molecule has 1 aliphatic rings. The van der Waals surface area contributed by atoms with E-state index in [1.54, 1.807) is 12.1 Å². The quantitative estimate of drug-likeness (QED) is 0.764. The van der Waals surface area contributed by atoms with Crippen molar-refractivity contribution in [2.24, 2.45) is 0 Å². The Kier molecular flexibility index (Phi) is 6.17. The number of hydrogen-bond acceptors (Lipinski definition) is 3. The van der Waals surface area contributed by atoms with E-state index < -0.39 is 10.0 Å². The van der Waals surface area contributed by atoms with E-state index >= 15 is 0 Å². The minimum absolute atomic E-state index is 0.120. The lowest BCUT2D eigenvalue weighted by Gasteiger charge is -2.16. The number of alkyl halides is 1. The Balaban J connectivity index is 1.73. The Bertz CT molecular complexity index is 866. The summed E-state index contributed by atoms with van der Waals surface area (Å²) in [5.74, 6) is 0.499. The van der Waals surface area contributed by atoms with Gasteiger partial charge in [0.15, 0.2) is 0 Å². The molecule has 1 fully saturated rings. The van der Waals surface area contributed by atoms with Crippen LogP contribution in [-0.4, -0.2) is 39.6 Å². The van der Waals surface area contributed by atoms with E-state index in [1.165, 1.54) is 5.56 Å². The number of sulfonamides is 1. The average Bonchev–Trinajstić information content (AvgIpc) is 3.11. The minimum Gasteiger partial charge on any atom is -0.300 e. The predicted molar refractivity (Wildman–Crippen MR) is 108 cm³/mol. The van der Waals surface area contributed by atoms with Gasteiger partial charge in [-0.15, -0.1) is 0 Å². The van der Waals surface area contributed by atoms with Crippen molar-refractivity contribution in [2.75, 3.05) is 31.0 Å². The first-order chi connectivity index (χ1) is 12.9. The van der Waals surface area contributed by atoms with Crippen molar-refractivity contribution in [3.63, 3.8) is 0 Å². The SMILES string of the molecule is CC(C)c1ccccc1S(=O)(=O)Nc1ccc(C2CCN(CCF)C2)cc1. The Morgan fingerprint density at radius 3 is 2.52 bits per heavy atom. The van der Waals surface area contributed by atoms with Gasteiger partial charge in [0, 0.05) is 18.8 Å². The molecule has 1 heterocycles. The molecule has 0 saturated carbocycles. The first-order valence-corrected chi connectivity index (χ1v) is 10.9. The maximum absolute atomic E-state index is 12.8. The molecular weight excluding hydrogens is 363 g/mol. The van der Waals surface area contributed by atoms with Crippen LogP contribution in [0.1, 0.15) is 43.2 Å². The van der Waals surface area contributed by atoms with Gasteiger partial charge in [-0.1, -0.05) is 44.2 Å². The number of likely N-dealkylation sites (tertiary alicyclic amines) is 1. The molecule has 2 aromatic rings. The maximum Gasteiger partial charge on any atom is 0.262 e. The molecule has 27 heavy (non-hydrogen) atoms. The van der Waals surface area contributed by atoms with Crippen LogP contribution in [-0.2, 0) is 10.0 Å². The van der Waals surface area contributed by atoms with E-state index in [1.807, 2.05) is 50.2 Å². The Labute approximate surface area is 161 Å². The van der Waals surface area contributed by atoms with Crippen LogP contribution in [0.25, 0.3) is 0 Å². The fourth-order valence-electron chi connectivity index (χ4n) is 3.66. The lowest BCUT2D eigenvalue weighted by Crippen LogP contribution is -2.22. The van der Waals surface area contributed by atoms with Crippen molar-refractivity contribution in [3.05, 3.63) is 59.7 Å². The van der Waals surface area contributed by atoms with Gasteiger partial charge in [-0.3, -0.25) is 4.72 Å². The van der Waals surface area contributed by atoms with E-state index in [4.69, 9.17) is 0 Å². The van der Waals surface area contributed by atoms with Crippen molar-refractivity contribution < 1.29 is 12.8 Å². The lowest BCUT2D eigenvalue weighted by atomic mass is 9.98. The van der Waals surface area contributed by atoms with Crippen LogP contribution in [0.4, 0.5) is 10.1 Å². The summed E-state index contributed by atoms with van der Waals surface area (Å²) < 4.78 is 40.8. The van der Waals surface area contributed by atoms with Crippen LogP contribution in [0, 0.1) is 0 Å². The molecule has 0 aromatic heterocycles. The second kappa shape index (κ2) is 8.40. The lowest BCUT2D eigenvalue weighted by molar-refractivity contribution is 0.294. The highest BCUT2D eigenvalue weighted by Crippen LogP contribution is 2.29. The van der Waals surface area contributed by atoms with Gasteiger partial charge in [0.05, 0.1) is 4.90 Å². The van der Waals surface area contributed by atoms with Crippen LogP contribution in [0.5, 0.6) is 0 Å². The summed E-state index contributed by atoms with van der Waals surface area (Å²) in [5, 5.41) is 0. The van der Waals surface area contributed by atoms with Crippen molar-refractivity contribution in [1.29, 1.82) is 0 Å². The highest BCUT2D eigenvalue weighted by atomic mass is 32.2. The van der Waals surface area contributed by atoms with Crippen molar-refractivity contribution in [2.45, 2.75) is 37.0 Å². The van der Waals surface area contributed by atoms with Crippen LogP contribution in [0.15, 0.2) is 53.4 Å². The van der Waals surface area contributed by atoms with Crippen molar-refractivity contribution >= 4 is 15.7 Å². The van der Waals surface area contributed by atoms with Crippen molar-refractivity contribution in [3.8, 4) is 0 Å². The summed E-state index contributed by atoms with van der Waals surface area (Å²) in [4.78, 5) is 2.45. The van der Waals surface area contributed by atoms with Gasteiger partial charge in [0.1, 0.15) is 6.67 Å². The Morgan fingerprint density at radius 1 is 1.15 bits per heavy atom. The fourth-order valence-corrected chi connectivity index (χ4v) is 5.09. The molecule has 2 aromatic carbocycles. The molecule has 0 aliphatic carbocycles. The molecule has 1 N–H and O–H groups in total. The second-order valence-corrected chi connectivity index (χ2v) is 9.05. The number of halogens is 1. The third kappa shape index (κ3) is 4.68. The number of benzene rings is 2. The average molecular weight is 391 g/mol. The molecule has 0 amide bonds. The largest absolute Gasteiger partial charge is 0.300 e. The van der Waals surface area contributed by atoms with Crippen LogP contribution in [0.2, 0.25) is 0 Å². The molecular formula is C21H27FN2O2S.